The molecule has 34 heavy (non-hydrogen) atoms. The van der Waals surface area contributed by atoms with E-state index in [4.69, 9.17) is 26.4 Å². The van der Waals surface area contributed by atoms with Gasteiger partial charge in [0.25, 0.3) is 0 Å². The molecule has 4 rings (SSSR count). The van der Waals surface area contributed by atoms with Crippen LogP contribution in [0.2, 0.25) is 0 Å². The molecule has 9 heteroatoms. The number of halogens is 1. The number of aromatic amines is 1. The van der Waals surface area contributed by atoms with Crippen molar-refractivity contribution in [2.75, 3.05) is 19.1 Å². The molecule has 0 amide bonds. The van der Waals surface area contributed by atoms with Crippen LogP contribution in [-0.4, -0.2) is 28.6 Å². The van der Waals surface area contributed by atoms with E-state index in [0.717, 1.165) is 21.2 Å². The summed E-state index contributed by atoms with van der Waals surface area (Å²) in [6.07, 6.45) is 0. The number of nitrogens with one attached hydrogen (secondary N) is 2. The monoisotopic (exact) mass is 540 g/mol. The van der Waals surface area contributed by atoms with Crippen molar-refractivity contribution in [3.8, 4) is 28.6 Å². The molecule has 0 spiro atoms. The lowest BCUT2D eigenvalue weighted by atomic mass is 10.2. The van der Waals surface area contributed by atoms with Crippen LogP contribution in [0.5, 0.6) is 17.2 Å². The van der Waals surface area contributed by atoms with Gasteiger partial charge in [0.1, 0.15) is 12.4 Å². The third-order valence-corrected chi connectivity index (χ3v) is 6.11. The van der Waals surface area contributed by atoms with Crippen LogP contribution < -0.4 is 19.6 Å². The average Bonchev–Trinajstić information content (AvgIpc) is 3.23. The van der Waals surface area contributed by atoms with Crippen molar-refractivity contribution in [2.45, 2.75) is 20.1 Å². The summed E-state index contributed by atoms with van der Waals surface area (Å²) in [6.45, 7) is 3.40. The Hall–Kier alpha value is -3.30. The smallest absolute Gasteiger partial charge is 0.214 e. The van der Waals surface area contributed by atoms with Gasteiger partial charge >= 0.3 is 0 Å². The molecule has 1 heterocycles. The molecule has 3 aromatic carbocycles. The highest BCUT2D eigenvalue weighted by molar-refractivity contribution is 9.10. The molecule has 0 aliphatic rings. The van der Waals surface area contributed by atoms with Crippen LogP contribution in [0.1, 0.15) is 18.1 Å². The Bertz CT molecular complexity index is 1310. The van der Waals surface area contributed by atoms with E-state index >= 15 is 0 Å². The minimum Gasteiger partial charge on any atom is -0.496 e. The van der Waals surface area contributed by atoms with E-state index in [2.05, 4.69) is 31.6 Å². The van der Waals surface area contributed by atoms with E-state index in [1.54, 1.807) is 11.8 Å². The van der Waals surface area contributed by atoms with Gasteiger partial charge in [0.05, 0.1) is 25.8 Å². The number of methoxy groups -OCH3 is 1. The van der Waals surface area contributed by atoms with Crippen LogP contribution in [0.25, 0.3) is 11.4 Å². The van der Waals surface area contributed by atoms with E-state index in [-0.39, 0.29) is 0 Å². The van der Waals surface area contributed by atoms with Gasteiger partial charge in [-0.3, -0.25) is 0 Å². The maximum atomic E-state index is 6.06. The van der Waals surface area contributed by atoms with Crippen molar-refractivity contribution >= 4 is 28.1 Å². The fraction of sp³-hybridized carbons (Fsp3) is 0.200. The zero-order chi connectivity index (χ0) is 23.9. The Kier molecular flexibility index (Phi) is 7.87. The summed E-state index contributed by atoms with van der Waals surface area (Å²) in [5, 5.41) is 7.24. The fourth-order valence-corrected chi connectivity index (χ4v) is 4.11. The Morgan fingerprint density at radius 1 is 1.00 bits per heavy atom. The predicted molar refractivity (Wildman–Crippen MR) is 139 cm³/mol. The van der Waals surface area contributed by atoms with Crippen molar-refractivity contribution in [1.82, 2.24) is 14.9 Å². The number of H-pyrrole nitrogens is 1. The molecule has 0 aliphatic heterocycles. The number of para-hydroxylation sites is 1. The Labute approximate surface area is 211 Å². The standard InChI is InChI=1S/C25H25BrN4O3S/c1-3-32-22-13-18(20(26)14-23(22)33-16-17-9-5-4-6-10-17)15-27-30-24(28-29-25(30)34)19-11-7-8-12-21(19)31-2/h4-14,27H,3,15-16H2,1-2H3,(H,29,34). The molecule has 176 valence electrons. The molecule has 0 radical (unpaired) electrons. The number of benzene rings is 3. The van der Waals surface area contributed by atoms with Crippen LogP contribution in [0.15, 0.2) is 71.2 Å². The molecule has 0 aliphatic carbocycles. The van der Waals surface area contributed by atoms with Crippen LogP contribution in [0, 0.1) is 4.77 Å². The normalized spacial score (nSPS) is 10.7. The van der Waals surface area contributed by atoms with E-state index in [9.17, 15) is 0 Å². The molecule has 0 saturated heterocycles. The van der Waals surface area contributed by atoms with Crippen molar-refractivity contribution in [1.29, 1.82) is 0 Å². The topological polar surface area (TPSA) is 73.3 Å². The molecule has 0 unspecified atom stereocenters. The summed E-state index contributed by atoms with van der Waals surface area (Å²) < 4.78 is 20.5. The molecule has 1 aromatic heterocycles. The second kappa shape index (κ2) is 11.2. The molecule has 0 atom stereocenters. The molecule has 7 nitrogen and oxygen atoms in total. The van der Waals surface area contributed by atoms with Crippen LogP contribution in [-0.2, 0) is 13.2 Å². The minimum absolute atomic E-state index is 0.449. The van der Waals surface area contributed by atoms with Gasteiger partial charge in [0.2, 0.25) is 4.77 Å². The summed E-state index contributed by atoms with van der Waals surface area (Å²) in [5.74, 6) is 2.70. The van der Waals surface area contributed by atoms with Crippen molar-refractivity contribution in [3.05, 3.63) is 87.1 Å². The molecule has 2 N–H and O–H groups in total. The van der Waals surface area contributed by atoms with Crippen LogP contribution in [0.4, 0.5) is 0 Å². The summed E-state index contributed by atoms with van der Waals surface area (Å²) in [5.41, 5.74) is 6.24. The van der Waals surface area contributed by atoms with Crippen LogP contribution >= 0.6 is 28.1 Å². The molecule has 0 bridgehead atoms. The number of nitrogens with zero attached hydrogens (tertiary/aromatic N) is 2. The Morgan fingerprint density at radius 2 is 1.74 bits per heavy atom. The summed E-state index contributed by atoms with van der Waals surface area (Å²) in [4.78, 5) is 0. The minimum atomic E-state index is 0.449. The number of hydrogen-bond acceptors (Lipinski definition) is 6. The molecular formula is C25H25BrN4O3S. The first-order chi connectivity index (χ1) is 16.6. The van der Waals surface area contributed by atoms with E-state index in [1.165, 1.54) is 0 Å². The van der Waals surface area contributed by atoms with Gasteiger partial charge in [-0.25, -0.2) is 9.77 Å². The van der Waals surface area contributed by atoms with Gasteiger partial charge in [-0.05, 0) is 54.5 Å². The lowest BCUT2D eigenvalue weighted by Crippen LogP contribution is -2.16. The highest BCUT2D eigenvalue weighted by atomic mass is 79.9. The fourth-order valence-electron chi connectivity index (χ4n) is 3.45. The largest absolute Gasteiger partial charge is 0.496 e. The number of aromatic nitrogens is 3. The lowest BCUT2D eigenvalue weighted by Gasteiger charge is -2.17. The summed E-state index contributed by atoms with van der Waals surface area (Å²) in [6, 6.07) is 21.6. The molecule has 4 aromatic rings. The quantitative estimate of drug-likeness (QED) is 0.237. The second-order valence-corrected chi connectivity index (χ2v) is 8.56. The van der Waals surface area contributed by atoms with E-state index in [1.807, 2.05) is 73.7 Å². The Morgan fingerprint density at radius 3 is 2.50 bits per heavy atom. The van der Waals surface area contributed by atoms with Gasteiger partial charge in [0.15, 0.2) is 17.3 Å². The predicted octanol–water partition coefficient (Wildman–Crippen LogP) is 6.10. The van der Waals surface area contributed by atoms with Gasteiger partial charge in [-0.1, -0.05) is 58.4 Å². The average molecular weight is 541 g/mol. The summed E-state index contributed by atoms with van der Waals surface area (Å²) >= 11 is 9.13. The molecular weight excluding hydrogens is 516 g/mol. The highest BCUT2D eigenvalue weighted by Gasteiger charge is 2.15. The third kappa shape index (κ3) is 5.43. The number of hydrogen-bond donors (Lipinski definition) is 2. The zero-order valence-corrected chi connectivity index (χ0v) is 21.3. The van der Waals surface area contributed by atoms with Crippen molar-refractivity contribution in [2.24, 2.45) is 0 Å². The molecule has 0 fully saturated rings. The first-order valence-corrected chi connectivity index (χ1v) is 12.0. The van der Waals surface area contributed by atoms with Crippen molar-refractivity contribution in [3.63, 3.8) is 0 Å². The maximum Gasteiger partial charge on any atom is 0.214 e. The number of rotatable bonds is 10. The first kappa shape index (κ1) is 23.8. The van der Waals surface area contributed by atoms with Gasteiger partial charge in [-0.2, -0.15) is 5.10 Å². The van der Waals surface area contributed by atoms with Gasteiger partial charge in [-0.15, -0.1) is 0 Å². The summed E-state index contributed by atoms with van der Waals surface area (Å²) in [7, 11) is 1.63. The lowest BCUT2D eigenvalue weighted by molar-refractivity contribution is 0.269. The van der Waals surface area contributed by atoms with Crippen molar-refractivity contribution < 1.29 is 14.2 Å². The first-order valence-electron chi connectivity index (χ1n) is 10.8. The van der Waals surface area contributed by atoms with E-state index < -0.39 is 0 Å². The van der Waals surface area contributed by atoms with Gasteiger partial charge in [0, 0.05) is 4.47 Å². The van der Waals surface area contributed by atoms with E-state index in [0.29, 0.717) is 47.6 Å². The SMILES string of the molecule is CCOc1cc(CNn2c(-c3ccccc3OC)n[nH]c2=S)c(Br)cc1OCc1ccccc1. The highest BCUT2D eigenvalue weighted by Crippen LogP contribution is 2.35. The Balaban J connectivity index is 1.56. The molecule has 0 saturated carbocycles. The van der Waals surface area contributed by atoms with Crippen LogP contribution in [0.3, 0.4) is 0 Å². The maximum absolute atomic E-state index is 6.06. The van der Waals surface area contributed by atoms with Gasteiger partial charge < -0.3 is 19.6 Å². The number of ether oxygens (including phenoxy) is 3. The second-order valence-electron chi connectivity index (χ2n) is 7.32. The third-order valence-electron chi connectivity index (χ3n) is 5.10. The zero-order valence-electron chi connectivity index (χ0n) is 18.9.